The van der Waals surface area contributed by atoms with Gasteiger partial charge in [-0.25, -0.2) is 4.79 Å². The standard InChI is InChI=1S/C64H89N19O23/c65-36(24-34-10-3-1-4-11-34)61(103)82-22-9-16-44(82)60(102)79-38(14-7-21-69-64(67)68)62(104)83-23-8-15-43(83)59(101)75-31-49(88)72-29-47(86)70-28-46(85)71-30-48(87)73-32-50(89)76-41(26-45(66)84)55(97)74-33-51(90)77-42(27-54(95)96)58(100)81-40(25-35-12-5-2-6-13-35)57(99)78-37(17-19-52(91)92)56(98)80-39(63(105)106)18-20-53(93)94/h1-6,10-13,36-44H,7-9,14-33,65H2,(H2,66,84)(H,70,86)(H,71,85)(H,72,88)(H,73,87)(H,74,97)(H,75,101)(H,76,89)(H,77,90)(H,78,99)(H,79,102)(H,80,98)(H,81,100)(H,91,92)(H,93,94)(H,95,96)(H,105,106)(H4,67,68,69)/t36-,37+,38+,39+,40+,41+,42+,43+,44+/m1/s1. The molecule has 0 bridgehead atoms. The molecule has 2 fully saturated rings. The lowest BCUT2D eigenvalue weighted by Crippen LogP contribution is -2.59. The summed E-state index contributed by atoms with van der Waals surface area (Å²) < 4.78 is 0. The molecule has 106 heavy (non-hydrogen) atoms. The molecule has 2 heterocycles. The number of carboxylic acid groups (broad SMARTS) is 4. The number of hydrogen-bond donors (Lipinski definition) is 21. The van der Waals surface area contributed by atoms with Gasteiger partial charge >= 0.3 is 23.9 Å². The Bertz CT molecular complexity index is 3550. The molecule has 2 aliphatic heterocycles. The summed E-state index contributed by atoms with van der Waals surface area (Å²) in [4.78, 5) is 246. The Morgan fingerprint density at radius 2 is 0.849 bits per heavy atom. The van der Waals surface area contributed by atoms with Gasteiger partial charge in [0.05, 0.1) is 58.2 Å². The number of benzene rings is 2. The SMILES string of the molecule is N=C(N)NCCC[C@H](NC(=O)[C@@H]1CCCN1C(=O)[C@H](N)Cc1ccccc1)C(=O)N1CCC[C@H]1C(=O)NCC(=O)NCC(=O)NCC(=O)NCC(=O)NCC(=O)N[C@@H](CC(N)=O)C(=O)NCC(=O)N[C@@H](CC(=O)O)C(=O)N[C@@H](Cc1ccccc1)C(=O)N[C@@H](CCC(=O)O)C(=O)N[C@@H](CCC(=O)O)C(=O)O. The minimum atomic E-state index is -2.02. The zero-order valence-corrected chi connectivity index (χ0v) is 57.4. The lowest BCUT2D eigenvalue weighted by atomic mass is 10.0. The lowest BCUT2D eigenvalue weighted by Gasteiger charge is -2.31. The van der Waals surface area contributed by atoms with E-state index < -0.39 is 245 Å². The average Bonchev–Trinajstić information content (AvgIpc) is 1.64. The van der Waals surface area contributed by atoms with Gasteiger partial charge in [-0.1, -0.05) is 60.7 Å². The number of carboxylic acids is 4. The third kappa shape index (κ3) is 31.5. The highest BCUT2D eigenvalue weighted by molar-refractivity contribution is 6.00. The fraction of sp³-hybridized carbons (Fsp3) is 0.500. The van der Waals surface area contributed by atoms with Crippen LogP contribution in [0.15, 0.2) is 60.7 Å². The van der Waals surface area contributed by atoms with E-state index in [2.05, 4.69) is 63.8 Å². The second-order valence-corrected chi connectivity index (χ2v) is 24.3. The summed E-state index contributed by atoms with van der Waals surface area (Å²) in [6.45, 7) is -4.27. The van der Waals surface area contributed by atoms with Gasteiger partial charge < -0.3 is 117 Å². The van der Waals surface area contributed by atoms with Crippen molar-refractivity contribution in [1.29, 1.82) is 5.41 Å². The molecular weight excluding hydrogens is 1400 g/mol. The first kappa shape index (κ1) is 86.0. The Balaban J connectivity index is 1.22. The first-order chi connectivity index (χ1) is 50.2. The molecule has 42 heteroatoms. The van der Waals surface area contributed by atoms with Crippen molar-refractivity contribution in [3.8, 4) is 0 Å². The highest BCUT2D eigenvalue weighted by Crippen LogP contribution is 2.23. The van der Waals surface area contributed by atoms with Gasteiger partial charge in [0.2, 0.25) is 88.6 Å². The molecule has 0 saturated carbocycles. The zero-order chi connectivity index (χ0) is 78.6. The van der Waals surface area contributed by atoms with E-state index >= 15 is 0 Å². The smallest absolute Gasteiger partial charge is 0.326 e. The minimum Gasteiger partial charge on any atom is -0.481 e. The summed E-state index contributed by atoms with van der Waals surface area (Å²) in [6, 6.07) is 3.48. The molecule has 9 atom stereocenters. The molecular formula is C64H89N19O23. The zero-order valence-electron chi connectivity index (χ0n) is 57.4. The number of nitrogens with zero attached hydrogens (tertiary/aromatic N) is 2. The number of hydrogen-bond acceptors (Lipinski definition) is 21. The molecule has 2 saturated heterocycles. The summed E-state index contributed by atoms with van der Waals surface area (Å²) in [5.74, 6) is -21.1. The molecule has 2 aromatic carbocycles. The summed E-state index contributed by atoms with van der Waals surface area (Å²) in [7, 11) is 0. The van der Waals surface area contributed by atoms with Gasteiger partial charge in [0.15, 0.2) is 5.96 Å². The van der Waals surface area contributed by atoms with Crippen molar-refractivity contribution in [3.63, 3.8) is 0 Å². The van der Waals surface area contributed by atoms with Crippen molar-refractivity contribution in [3.05, 3.63) is 71.8 Å². The van der Waals surface area contributed by atoms with Crippen LogP contribution in [-0.2, 0) is 104 Å². The number of amides is 15. The van der Waals surface area contributed by atoms with E-state index in [1.165, 1.54) is 34.1 Å². The molecule has 24 N–H and O–H groups in total. The van der Waals surface area contributed by atoms with Gasteiger partial charge in [-0.3, -0.25) is 91.7 Å². The normalized spacial score (nSPS) is 15.6. The Hall–Kier alpha value is -12.4. The first-order valence-electron chi connectivity index (χ1n) is 33.3. The van der Waals surface area contributed by atoms with Crippen molar-refractivity contribution in [1.82, 2.24) is 78.9 Å². The maximum absolute atomic E-state index is 14.2. The Morgan fingerprint density at radius 3 is 1.34 bits per heavy atom. The van der Waals surface area contributed by atoms with Crippen molar-refractivity contribution in [2.24, 2.45) is 17.2 Å². The van der Waals surface area contributed by atoms with Crippen LogP contribution in [0.2, 0.25) is 0 Å². The van der Waals surface area contributed by atoms with Gasteiger partial charge in [0.25, 0.3) is 0 Å². The fourth-order valence-electron chi connectivity index (χ4n) is 10.8. The monoisotopic (exact) mass is 1490 g/mol. The van der Waals surface area contributed by atoms with Crippen molar-refractivity contribution >= 4 is 118 Å². The summed E-state index contributed by atoms with van der Waals surface area (Å²) >= 11 is 0. The van der Waals surface area contributed by atoms with Gasteiger partial charge in [-0.05, 0) is 68.9 Å². The quantitative estimate of drug-likeness (QED) is 0.0166. The highest BCUT2D eigenvalue weighted by atomic mass is 16.4. The number of likely N-dealkylation sites (tertiary alicyclic amines) is 2. The molecule has 0 aromatic heterocycles. The lowest BCUT2D eigenvalue weighted by molar-refractivity contribution is -0.144. The van der Waals surface area contributed by atoms with Gasteiger partial charge in [-0.15, -0.1) is 0 Å². The molecule has 0 spiro atoms. The second kappa shape index (κ2) is 44.2. The fourth-order valence-corrected chi connectivity index (χ4v) is 10.8. The number of carbonyl (C=O) groups is 19. The number of guanidine groups is 1. The molecule has 0 unspecified atom stereocenters. The van der Waals surface area contributed by atoms with Gasteiger partial charge in [0, 0.05) is 38.9 Å². The molecule has 0 aliphatic carbocycles. The Morgan fingerprint density at radius 1 is 0.425 bits per heavy atom. The number of nitrogens with two attached hydrogens (primary N) is 3. The Labute approximate surface area is 604 Å². The highest BCUT2D eigenvalue weighted by Gasteiger charge is 2.42. The minimum absolute atomic E-state index is 0.0515. The van der Waals surface area contributed by atoms with Gasteiger partial charge in [-0.2, -0.15) is 0 Å². The van der Waals surface area contributed by atoms with Crippen LogP contribution in [0.25, 0.3) is 0 Å². The molecule has 2 aliphatic rings. The average molecular weight is 1490 g/mol. The van der Waals surface area contributed by atoms with Crippen LogP contribution < -0.4 is 86.3 Å². The van der Waals surface area contributed by atoms with Crippen LogP contribution in [0.5, 0.6) is 0 Å². The van der Waals surface area contributed by atoms with Crippen LogP contribution in [-0.4, -0.2) is 262 Å². The maximum atomic E-state index is 14.2. The molecule has 578 valence electrons. The summed E-state index contributed by atoms with van der Waals surface area (Å²) in [5, 5.41) is 74.3. The predicted molar refractivity (Wildman–Crippen MR) is 364 cm³/mol. The summed E-state index contributed by atoms with van der Waals surface area (Å²) in [5.41, 5.74) is 18.2. The van der Waals surface area contributed by atoms with E-state index in [1.54, 1.807) is 6.07 Å². The van der Waals surface area contributed by atoms with Crippen LogP contribution in [0, 0.1) is 5.41 Å². The largest absolute Gasteiger partial charge is 0.481 e. The third-order valence-corrected chi connectivity index (χ3v) is 16.1. The van der Waals surface area contributed by atoms with E-state index in [0.717, 1.165) is 5.56 Å². The second-order valence-electron chi connectivity index (χ2n) is 24.3. The molecule has 2 aromatic rings. The van der Waals surface area contributed by atoms with E-state index in [9.17, 15) is 106 Å². The number of aliphatic carboxylic acids is 4. The van der Waals surface area contributed by atoms with Crippen LogP contribution in [0.4, 0.5) is 0 Å². The van der Waals surface area contributed by atoms with Crippen molar-refractivity contribution in [2.45, 2.75) is 144 Å². The molecule has 15 amide bonds. The topological polar surface area (TPSA) is 670 Å². The Kier molecular flexibility index (Phi) is 35.9. The van der Waals surface area contributed by atoms with E-state index in [0.29, 0.717) is 24.8 Å². The van der Waals surface area contributed by atoms with Crippen LogP contribution >= 0.6 is 0 Å². The molecule has 0 radical (unpaired) electrons. The first-order valence-corrected chi connectivity index (χ1v) is 33.3. The van der Waals surface area contributed by atoms with Crippen LogP contribution in [0.3, 0.4) is 0 Å². The predicted octanol–water partition coefficient (Wildman–Crippen LogP) is -9.19. The van der Waals surface area contributed by atoms with Gasteiger partial charge in [0.1, 0.15) is 48.3 Å². The third-order valence-electron chi connectivity index (χ3n) is 16.1. The van der Waals surface area contributed by atoms with Crippen LogP contribution in [0.1, 0.15) is 88.2 Å². The number of nitrogens with one attached hydrogen (secondary N) is 14. The van der Waals surface area contributed by atoms with E-state index in [4.69, 9.17) is 27.7 Å². The molecule has 42 nitrogen and oxygen atoms in total. The van der Waals surface area contributed by atoms with Crippen molar-refractivity contribution in [2.75, 3.05) is 58.9 Å². The number of rotatable bonds is 45. The van der Waals surface area contributed by atoms with E-state index in [1.807, 2.05) is 35.6 Å². The molecule has 4 rings (SSSR count). The summed E-state index contributed by atoms with van der Waals surface area (Å²) in [6.07, 6.45) is -3.24. The number of primary amides is 1. The maximum Gasteiger partial charge on any atom is 0.326 e. The van der Waals surface area contributed by atoms with E-state index in [-0.39, 0.29) is 57.7 Å². The van der Waals surface area contributed by atoms with Crippen molar-refractivity contribution < 1.29 is 112 Å². The number of carbonyl (C=O) groups excluding carboxylic acids is 15.